The summed E-state index contributed by atoms with van der Waals surface area (Å²) in [6, 6.07) is 0.310. The largest absolute Gasteiger partial charge is 0.481 e. The Morgan fingerprint density at radius 2 is 1.71 bits per heavy atom. The molecule has 0 bridgehead atoms. The van der Waals surface area contributed by atoms with Crippen molar-refractivity contribution in [3.05, 3.63) is 0 Å². The lowest BCUT2D eigenvalue weighted by atomic mass is 9.76. The van der Waals surface area contributed by atoms with Crippen LogP contribution in [0.2, 0.25) is 0 Å². The van der Waals surface area contributed by atoms with Gasteiger partial charge in [0.25, 0.3) is 0 Å². The molecule has 1 rings (SSSR count). The Morgan fingerprint density at radius 1 is 1.05 bits per heavy atom. The average Bonchev–Trinajstić information content (AvgIpc) is 2.59. The standard InChI is InChI=1S/C17H31NO3/c1-17(2,3)13-7-6-8-14(12-11-13)18-15(19)9-4-5-10-16(20)21/h13-14H,4-12H2,1-3H3,(H,18,19)(H,20,21). The number of amides is 1. The summed E-state index contributed by atoms with van der Waals surface area (Å²) in [5.41, 5.74) is 0.357. The normalized spacial score (nSPS) is 23.4. The second kappa shape index (κ2) is 8.40. The molecule has 0 spiro atoms. The first-order chi connectivity index (χ1) is 9.79. The van der Waals surface area contributed by atoms with Gasteiger partial charge in [-0.15, -0.1) is 0 Å². The summed E-state index contributed by atoms with van der Waals surface area (Å²) < 4.78 is 0. The molecule has 1 aliphatic carbocycles. The molecule has 0 aliphatic heterocycles. The summed E-state index contributed by atoms with van der Waals surface area (Å²) in [6.45, 7) is 6.91. The minimum atomic E-state index is -0.785. The van der Waals surface area contributed by atoms with E-state index in [1.165, 1.54) is 19.3 Å². The maximum Gasteiger partial charge on any atom is 0.303 e. The zero-order chi connectivity index (χ0) is 15.9. The van der Waals surface area contributed by atoms with E-state index in [0.29, 0.717) is 30.7 Å². The van der Waals surface area contributed by atoms with Crippen molar-refractivity contribution in [1.82, 2.24) is 5.32 Å². The van der Waals surface area contributed by atoms with Crippen LogP contribution in [0, 0.1) is 11.3 Å². The molecule has 0 heterocycles. The molecule has 1 amide bonds. The predicted molar refractivity (Wildman–Crippen MR) is 84.1 cm³/mol. The lowest BCUT2D eigenvalue weighted by molar-refractivity contribution is -0.137. The molecule has 0 saturated heterocycles. The minimum absolute atomic E-state index is 0.0830. The van der Waals surface area contributed by atoms with Crippen LogP contribution in [-0.2, 0) is 9.59 Å². The predicted octanol–water partition coefficient (Wildman–Crippen LogP) is 3.74. The third-order valence-corrected chi connectivity index (χ3v) is 4.60. The van der Waals surface area contributed by atoms with Crippen molar-refractivity contribution in [2.45, 2.75) is 84.6 Å². The average molecular weight is 297 g/mol. The first-order valence-corrected chi connectivity index (χ1v) is 8.30. The molecule has 0 aromatic heterocycles. The molecule has 2 atom stereocenters. The molecule has 2 N–H and O–H groups in total. The second-order valence-electron chi connectivity index (χ2n) is 7.44. The molecule has 4 heteroatoms. The Bertz CT molecular complexity index is 346. The number of nitrogens with one attached hydrogen (secondary N) is 1. The van der Waals surface area contributed by atoms with E-state index in [9.17, 15) is 9.59 Å². The molecular formula is C17H31NO3. The monoisotopic (exact) mass is 297 g/mol. The molecule has 1 fully saturated rings. The van der Waals surface area contributed by atoms with Crippen molar-refractivity contribution in [3.8, 4) is 0 Å². The topological polar surface area (TPSA) is 66.4 Å². The highest BCUT2D eigenvalue weighted by Crippen LogP contribution is 2.36. The van der Waals surface area contributed by atoms with E-state index < -0.39 is 5.97 Å². The van der Waals surface area contributed by atoms with Gasteiger partial charge in [-0.05, 0) is 49.9 Å². The summed E-state index contributed by atoms with van der Waals surface area (Å²) in [6.07, 6.45) is 7.63. The zero-order valence-corrected chi connectivity index (χ0v) is 13.8. The summed E-state index contributed by atoms with van der Waals surface area (Å²) in [4.78, 5) is 22.3. The van der Waals surface area contributed by atoms with Crippen LogP contribution >= 0.6 is 0 Å². The van der Waals surface area contributed by atoms with Crippen LogP contribution < -0.4 is 5.32 Å². The van der Waals surface area contributed by atoms with Crippen molar-refractivity contribution in [1.29, 1.82) is 0 Å². The Labute approximate surface area is 128 Å². The maximum absolute atomic E-state index is 11.9. The first kappa shape index (κ1) is 18.0. The fraction of sp³-hybridized carbons (Fsp3) is 0.882. The lowest BCUT2D eigenvalue weighted by Gasteiger charge is -2.29. The number of hydrogen-bond acceptors (Lipinski definition) is 2. The third-order valence-electron chi connectivity index (χ3n) is 4.60. The molecule has 21 heavy (non-hydrogen) atoms. The van der Waals surface area contributed by atoms with Crippen LogP contribution in [-0.4, -0.2) is 23.0 Å². The van der Waals surface area contributed by atoms with E-state index in [1.807, 2.05) is 0 Å². The molecule has 0 radical (unpaired) electrons. The molecular weight excluding hydrogens is 266 g/mol. The van der Waals surface area contributed by atoms with Crippen molar-refractivity contribution in [2.75, 3.05) is 0 Å². The van der Waals surface area contributed by atoms with Gasteiger partial charge < -0.3 is 10.4 Å². The van der Waals surface area contributed by atoms with Crippen LogP contribution in [0.3, 0.4) is 0 Å². The van der Waals surface area contributed by atoms with Gasteiger partial charge in [0.05, 0.1) is 0 Å². The van der Waals surface area contributed by atoms with Gasteiger partial charge in [0, 0.05) is 18.9 Å². The van der Waals surface area contributed by atoms with Gasteiger partial charge in [-0.2, -0.15) is 0 Å². The smallest absolute Gasteiger partial charge is 0.303 e. The van der Waals surface area contributed by atoms with Gasteiger partial charge in [-0.25, -0.2) is 0 Å². The maximum atomic E-state index is 11.9. The number of hydrogen-bond donors (Lipinski definition) is 2. The van der Waals surface area contributed by atoms with E-state index in [4.69, 9.17) is 5.11 Å². The number of carboxylic acids is 1. The van der Waals surface area contributed by atoms with E-state index in [0.717, 1.165) is 18.8 Å². The number of carboxylic acid groups (broad SMARTS) is 1. The molecule has 0 aromatic carbocycles. The van der Waals surface area contributed by atoms with E-state index in [1.54, 1.807) is 0 Å². The molecule has 0 aromatic rings. The van der Waals surface area contributed by atoms with Gasteiger partial charge in [0.2, 0.25) is 5.91 Å². The Morgan fingerprint density at radius 3 is 2.33 bits per heavy atom. The molecule has 1 saturated carbocycles. The van der Waals surface area contributed by atoms with Gasteiger partial charge in [0.1, 0.15) is 0 Å². The fourth-order valence-corrected chi connectivity index (χ4v) is 3.17. The van der Waals surface area contributed by atoms with E-state index in [2.05, 4.69) is 26.1 Å². The van der Waals surface area contributed by atoms with Gasteiger partial charge in [-0.3, -0.25) is 9.59 Å². The summed E-state index contributed by atoms with van der Waals surface area (Å²) >= 11 is 0. The van der Waals surface area contributed by atoms with Crippen LogP contribution in [0.5, 0.6) is 0 Å². The van der Waals surface area contributed by atoms with Crippen molar-refractivity contribution >= 4 is 11.9 Å². The Kier molecular flexibility index (Phi) is 7.20. The highest BCUT2D eigenvalue weighted by atomic mass is 16.4. The summed E-state index contributed by atoms with van der Waals surface area (Å²) in [5.74, 6) is 0.0435. The highest BCUT2D eigenvalue weighted by Gasteiger charge is 2.28. The van der Waals surface area contributed by atoms with Crippen LogP contribution in [0.4, 0.5) is 0 Å². The van der Waals surface area contributed by atoms with E-state index in [-0.39, 0.29) is 12.3 Å². The quantitative estimate of drug-likeness (QED) is 0.579. The van der Waals surface area contributed by atoms with Gasteiger partial charge >= 0.3 is 5.97 Å². The van der Waals surface area contributed by atoms with Crippen molar-refractivity contribution < 1.29 is 14.7 Å². The number of unbranched alkanes of at least 4 members (excludes halogenated alkanes) is 1. The van der Waals surface area contributed by atoms with Gasteiger partial charge in [0.15, 0.2) is 0 Å². The number of rotatable bonds is 6. The number of carbonyl (C=O) groups is 2. The second-order valence-corrected chi connectivity index (χ2v) is 7.44. The lowest BCUT2D eigenvalue weighted by Crippen LogP contribution is -2.34. The van der Waals surface area contributed by atoms with Crippen molar-refractivity contribution in [3.63, 3.8) is 0 Å². The molecule has 2 unspecified atom stereocenters. The molecule has 4 nitrogen and oxygen atoms in total. The van der Waals surface area contributed by atoms with Crippen LogP contribution in [0.25, 0.3) is 0 Å². The minimum Gasteiger partial charge on any atom is -0.481 e. The van der Waals surface area contributed by atoms with Crippen LogP contribution in [0.15, 0.2) is 0 Å². The Hall–Kier alpha value is -1.06. The summed E-state index contributed by atoms with van der Waals surface area (Å²) in [7, 11) is 0. The molecule has 122 valence electrons. The Balaban J connectivity index is 2.25. The zero-order valence-electron chi connectivity index (χ0n) is 13.8. The fourth-order valence-electron chi connectivity index (χ4n) is 3.17. The molecule has 1 aliphatic rings. The highest BCUT2D eigenvalue weighted by molar-refractivity contribution is 5.76. The SMILES string of the molecule is CC(C)(C)C1CCCC(NC(=O)CCCCC(=O)O)CC1. The number of aliphatic carboxylic acids is 1. The van der Waals surface area contributed by atoms with Crippen molar-refractivity contribution in [2.24, 2.45) is 11.3 Å². The van der Waals surface area contributed by atoms with E-state index >= 15 is 0 Å². The van der Waals surface area contributed by atoms with Crippen LogP contribution in [0.1, 0.15) is 78.6 Å². The number of carbonyl (C=O) groups excluding carboxylic acids is 1. The first-order valence-electron chi connectivity index (χ1n) is 8.30. The third kappa shape index (κ3) is 7.49. The van der Waals surface area contributed by atoms with Gasteiger partial charge in [-0.1, -0.05) is 27.2 Å². The summed E-state index contributed by atoms with van der Waals surface area (Å²) in [5, 5.41) is 11.7.